The van der Waals surface area contributed by atoms with Crippen molar-refractivity contribution >= 4 is 40.5 Å². The minimum Gasteiger partial charge on any atom is -0.489 e. The summed E-state index contributed by atoms with van der Waals surface area (Å²) in [7, 11) is 0. The second-order valence-electron chi connectivity index (χ2n) is 5.72. The molecule has 0 spiro atoms. The second kappa shape index (κ2) is 9.16. The normalized spacial score (nSPS) is 10.1. The van der Waals surface area contributed by atoms with Crippen molar-refractivity contribution in [2.75, 3.05) is 5.32 Å². The molecule has 0 aliphatic rings. The lowest BCUT2D eigenvalue weighted by Crippen LogP contribution is -2.34. The Bertz CT molecular complexity index is 930. The molecule has 0 atom stereocenters. The minimum atomic E-state index is -0.305. The van der Waals surface area contributed by atoms with Gasteiger partial charge in [-0.15, -0.1) is 0 Å². The van der Waals surface area contributed by atoms with Gasteiger partial charge < -0.3 is 10.1 Å². The zero-order valence-corrected chi connectivity index (χ0v) is 15.9. The lowest BCUT2D eigenvalue weighted by atomic mass is 10.2. The van der Waals surface area contributed by atoms with Crippen LogP contribution < -0.4 is 15.4 Å². The molecule has 1 amide bonds. The molecule has 3 rings (SSSR count). The summed E-state index contributed by atoms with van der Waals surface area (Å²) < 4.78 is 5.79. The van der Waals surface area contributed by atoms with Gasteiger partial charge in [-0.2, -0.15) is 0 Å². The highest BCUT2D eigenvalue weighted by atomic mass is 35.5. The van der Waals surface area contributed by atoms with Crippen LogP contribution in [0.15, 0.2) is 78.9 Å². The monoisotopic (exact) mass is 396 g/mol. The molecule has 0 bridgehead atoms. The van der Waals surface area contributed by atoms with Crippen molar-refractivity contribution in [1.29, 1.82) is 0 Å². The molecule has 0 saturated carbocycles. The predicted molar refractivity (Wildman–Crippen MR) is 112 cm³/mol. The number of carbonyl (C=O) groups excluding carboxylic acids is 1. The van der Waals surface area contributed by atoms with Crippen LogP contribution in [0, 0.1) is 0 Å². The van der Waals surface area contributed by atoms with E-state index in [-0.39, 0.29) is 11.0 Å². The van der Waals surface area contributed by atoms with E-state index in [1.54, 1.807) is 24.3 Å². The maximum absolute atomic E-state index is 12.2. The number of rotatable bonds is 5. The molecule has 3 aromatic carbocycles. The van der Waals surface area contributed by atoms with Gasteiger partial charge in [0, 0.05) is 22.3 Å². The van der Waals surface area contributed by atoms with Gasteiger partial charge in [-0.25, -0.2) is 0 Å². The fraction of sp³-hybridized carbons (Fsp3) is 0.0476. The Morgan fingerprint density at radius 2 is 1.70 bits per heavy atom. The van der Waals surface area contributed by atoms with Crippen LogP contribution in [0.5, 0.6) is 5.75 Å². The van der Waals surface area contributed by atoms with E-state index in [0.717, 1.165) is 11.3 Å². The molecule has 2 N–H and O–H groups in total. The summed E-state index contributed by atoms with van der Waals surface area (Å²) in [4.78, 5) is 12.2. The third-order valence-corrected chi connectivity index (χ3v) is 4.13. The van der Waals surface area contributed by atoms with Gasteiger partial charge in [0.05, 0.1) is 0 Å². The average Bonchev–Trinajstić information content (AvgIpc) is 2.68. The van der Waals surface area contributed by atoms with Crippen molar-refractivity contribution in [2.45, 2.75) is 6.61 Å². The molecule has 0 aliphatic heterocycles. The zero-order chi connectivity index (χ0) is 19.1. The van der Waals surface area contributed by atoms with E-state index in [1.807, 2.05) is 54.6 Å². The number of carbonyl (C=O) groups is 1. The maximum atomic E-state index is 12.2. The number of nitrogens with one attached hydrogen (secondary N) is 2. The molecule has 0 aliphatic carbocycles. The van der Waals surface area contributed by atoms with Crippen LogP contribution in [0.4, 0.5) is 5.69 Å². The smallest absolute Gasteiger partial charge is 0.257 e. The van der Waals surface area contributed by atoms with Gasteiger partial charge >= 0.3 is 0 Å². The Morgan fingerprint density at radius 1 is 0.963 bits per heavy atom. The number of ether oxygens (including phenoxy) is 1. The molecular formula is C21H17ClN2O2S. The van der Waals surface area contributed by atoms with Gasteiger partial charge in [-0.1, -0.05) is 48.0 Å². The maximum Gasteiger partial charge on any atom is 0.257 e. The van der Waals surface area contributed by atoms with Crippen LogP contribution >= 0.6 is 23.8 Å². The summed E-state index contributed by atoms with van der Waals surface area (Å²) in [6, 6.07) is 23.9. The summed E-state index contributed by atoms with van der Waals surface area (Å²) in [6.07, 6.45) is 0. The first-order chi connectivity index (χ1) is 13.1. The third-order valence-electron chi connectivity index (χ3n) is 3.67. The Kier molecular flexibility index (Phi) is 6.41. The SMILES string of the molecule is O=C(NC(=S)Nc1cccc(OCc2ccccc2)c1)c1ccc(Cl)cc1. The standard InChI is InChI=1S/C21H17ClN2O2S/c22-17-11-9-16(10-12-17)20(25)24-21(27)23-18-7-4-8-19(13-18)26-14-15-5-2-1-3-6-15/h1-13H,14H2,(H2,23,24,25,27). The van der Waals surface area contributed by atoms with E-state index >= 15 is 0 Å². The summed E-state index contributed by atoms with van der Waals surface area (Å²) in [6.45, 7) is 0.474. The second-order valence-corrected chi connectivity index (χ2v) is 6.56. The summed E-state index contributed by atoms with van der Waals surface area (Å²) >= 11 is 11.0. The van der Waals surface area contributed by atoms with Crippen LogP contribution in [0.2, 0.25) is 5.02 Å². The Labute approximate surface area is 168 Å². The molecule has 0 saturated heterocycles. The van der Waals surface area contributed by atoms with Gasteiger partial charge in [-0.05, 0) is 54.2 Å². The molecule has 0 aromatic heterocycles. The number of halogens is 1. The number of benzene rings is 3. The molecule has 0 unspecified atom stereocenters. The van der Waals surface area contributed by atoms with Crippen LogP contribution in [-0.2, 0) is 6.61 Å². The van der Waals surface area contributed by atoms with Crippen LogP contribution in [0.1, 0.15) is 15.9 Å². The fourth-order valence-corrected chi connectivity index (χ4v) is 2.68. The van der Waals surface area contributed by atoms with Crippen molar-refractivity contribution < 1.29 is 9.53 Å². The molecule has 136 valence electrons. The molecule has 3 aromatic rings. The average molecular weight is 397 g/mol. The van der Waals surface area contributed by atoms with Crippen molar-refractivity contribution in [3.8, 4) is 5.75 Å². The highest BCUT2D eigenvalue weighted by molar-refractivity contribution is 7.80. The van der Waals surface area contributed by atoms with E-state index in [1.165, 1.54) is 0 Å². The van der Waals surface area contributed by atoms with Gasteiger partial charge in [0.1, 0.15) is 12.4 Å². The molecular weight excluding hydrogens is 380 g/mol. The van der Waals surface area contributed by atoms with E-state index in [9.17, 15) is 4.79 Å². The van der Waals surface area contributed by atoms with Crippen LogP contribution in [-0.4, -0.2) is 11.0 Å². The number of hydrogen-bond donors (Lipinski definition) is 2. The van der Waals surface area contributed by atoms with Crippen molar-refractivity contribution in [2.24, 2.45) is 0 Å². The Morgan fingerprint density at radius 3 is 2.44 bits per heavy atom. The van der Waals surface area contributed by atoms with Gasteiger partial charge in [0.15, 0.2) is 5.11 Å². The highest BCUT2D eigenvalue weighted by Crippen LogP contribution is 2.18. The molecule has 27 heavy (non-hydrogen) atoms. The number of anilines is 1. The van der Waals surface area contributed by atoms with Gasteiger partial charge in [0.25, 0.3) is 5.91 Å². The first-order valence-electron chi connectivity index (χ1n) is 8.25. The van der Waals surface area contributed by atoms with Crippen molar-refractivity contribution in [1.82, 2.24) is 5.32 Å². The third kappa shape index (κ3) is 5.81. The van der Waals surface area contributed by atoms with Crippen LogP contribution in [0.3, 0.4) is 0 Å². The predicted octanol–water partition coefficient (Wildman–Crippen LogP) is 5.05. The number of thiocarbonyl (C=S) groups is 1. The first kappa shape index (κ1) is 18.9. The lowest BCUT2D eigenvalue weighted by Gasteiger charge is -2.11. The molecule has 4 nitrogen and oxygen atoms in total. The summed E-state index contributed by atoms with van der Waals surface area (Å²) in [5.41, 5.74) is 2.28. The highest BCUT2D eigenvalue weighted by Gasteiger charge is 2.08. The van der Waals surface area contributed by atoms with Gasteiger partial charge in [-0.3, -0.25) is 10.1 Å². The molecule has 6 heteroatoms. The topological polar surface area (TPSA) is 50.4 Å². The molecule has 0 fully saturated rings. The molecule has 0 radical (unpaired) electrons. The first-order valence-corrected chi connectivity index (χ1v) is 9.03. The summed E-state index contributed by atoms with van der Waals surface area (Å²) in [5, 5.41) is 6.40. The van der Waals surface area contributed by atoms with E-state index in [2.05, 4.69) is 10.6 Å². The Balaban J connectivity index is 1.56. The number of amides is 1. The quantitative estimate of drug-likeness (QED) is 0.593. The van der Waals surface area contributed by atoms with Crippen molar-refractivity contribution in [3.63, 3.8) is 0 Å². The largest absolute Gasteiger partial charge is 0.489 e. The van der Waals surface area contributed by atoms with E-state index < -0.39 is 0 Å². The molecule has 0 heterocycles. The summed E-state index contributed by atoms with van der Waals surface area (Å²) in [5.74, 6) is 0.399. The van der Waals surface area contributed by atoms with Gasteiger partial charge in [0.2, 0.25) is 0 Å². The van der Waals surface area contributed by atoms with E-state index in [0.29, 0.717) is 22.9 Å². The lowest BCUT2D eigenvalue weighted by molar-refractivity contribution is 0.0978. The van der Waals surface area contributed by atoms with Crippen LogP contribution in [0.25, 0.3) is 0 Å². The minimum absolute atomic E-state index is 0.204. The Hall–Kier alpha value is -2.89. The number of hydrogen-bond acceptors (Lipinski definition) is 3. The van der Waals surface area contributed by atoms with E-state index in [4.69, 9.17) is 28.6 Å². The fourth-order valence-electron chi connectivity index (χ4n) is 2.34. The zero-order valence-electron chi connectivity index (χ0n) is 14.3. The van der Waals surface area contributed by atoms with Crippen molar-refractivity contribution in [3.05, 3.63) is 95.0 Å².